The summed E-state index contributed by atoms with van der Waals surface area (Å²) in [6, 6.07) is 9.84. The molecule has 112 valence electrons. The number of halogens is 3. The fourth-order valence-corrected chi connectivity index (χ4v) is 2.23. The van der Waals surface area contributed by atoms with E-state index in [2.05, 4.69) is 12.2 Å². The lowest BCUT2D eigenvalue weighted by Gasteiger charge is -2.16. The first-order valence-corrected chi connectivity index (χ1v) is 7.01. The molecule has 0 saturated carbocycles. The van der Waals surface area contributed by atoms with Crippen LogP contribution < -0.4 is 5.32 Å². The minimum Gasteiger partial charge on any atom is -0.378 e. The van der Waals surface area contributed by atoms with Gasteiger partial charge in [-0.25, -0.2) is 13.2 Å². The number of anilines is 1. The monoisotopic (exact) mass is 293 g/mol. The molecule has 1 N–H and O–H groups in total. The number of rotatable bonds is 5. The van der Waals surface area contributed by atoms with Crippen LogP contribution in [0, 0.1) is 17.5 Å². The van der Waals surface area contributed by atoms with Gasteiger partial charge in [0.1, 0.15) is 0 Å². The summed E-state index contributed by atoms with van der Waals surface area (Å²) in [5, 5.41) is 2.97. The Morgan fingerprint density at radius 1 is 1.00 bits per heavy atom. The fourth-order valence-electron chi connectivity index (χ4n) is 2.23. The molecule has 0 amide bonds. The van der Waals surface area contributed by atoms with Crippen LogP contribution in [-0.2, 0) is 6.42 Å². The lowest BCUT2D eigenvalue weighted by molar-refractivity contribution is 0.447. The van der Waals surface area contributed by atoms with E-state index in [0.717, 1.165) is 30.5 Å². The molecule has 0 radical (unpaired) electrons. The molecule has 0 spiro atoms. The first-order chi connectivity index (χ1) is 10.0. The normalized spacial score (nSPS) is 12.2. The van der Waals surface area contributed by atoms with Gasteiger partial charge in [0.25, 0.3) is 0 Å². The van der Waals surface area contributed by atoms with Crippen LogP contribution in [0.2, 0.25) is 0 Å². The molecule has 0 bridgehead atoms. The maximum atomic E-state index is 13.2. The molecule has 1 unspecified atom stereocenters. The zero-order valence-corrected chi connectivity index (χ0v) is 12.1. The maximum absolute atomic E-state index is 13.2. The van der Waals surface area contributed by atoms with E-state index in [-0.39, 0.29) is 11.7 Å². The molecule has 0 fully saturated rings. The fraction of sp³-hybridized carbons (Fsp3) is 0.294. The van der Waals surface area contributed by atoms with Gasteiger partial charge in [-0.05, 0) is 24.5 Å². The topological polar surface area (TPSA) is 12.0 Å². The molecule has 0 aromatic heterocycles. The van der Waals surface area contributed by atoms with Crippen molar-refractivity contribution < 1.29 is 13.2 Å². The summed E-state index contributed by atoms with van der Waals surface area (Å²) in [4.78, 5) is 0. The van der Waals surface area contributed by atoms with Crippen LogP contribution in [0.4, 0.5) is 18.9 Å². The Balaban J connectivity index is 2.12. The molecule has 0 aliphatic rings. The van der Waals surface area contributed by atoms with E-state index in [1.165, 1.54) is 5.56 Å². The predicted molar refractivity (Wildman–Crippen MR) is 78.8 cm³/mol. The summed E-state index contributed by atoms with van der Waals surface area (Å²) in [6.07, 6.45) is 2.11. The molecule has 2 rings (SSSR count). The molecule has 1 atom stereocenters. The summed E-state index contributed by atoms with van der Waals surface area (Å²) in [7, 11) is 0. The summed E-state index contributed by atoms with van der Waals surface area (Å²) in [5.41, 5.74) is 2.48. The van der Waals surface area contributed by atoms with Gasteiger partial charge < -0.3 is 5.32 Å². The van der Waals surface area contributed by atoms with Crippen molar-refractivity contribution in [2.24, 2.45) is 0 Å². The number of hydrogen-bond donors (Lipinski definition) is 1. The van der Waals surface area contributed by atoms with Gasteiger partial charge in [0.15, 0.2) is 17.5 Å². The molecule has 2 aromatic rings. The molecule has 1 nitrogen and oxygen atoms in total. The first kappa shape index (κ1) is 15.4. The van der Waals surface area contributed by atoms with Gasteiger partial charge in [0.05, 0.1) is 0 Å². The van der Waals surface area contributed by atoms with Gasteiger partial charge in [0, 0.05) is 23.9 Å². The van der Waals surface area contributed by atoms with Crippen LogP contribution >= 0.6 is 0 Å². The summed E-state index contributed by atoms with van der Waals surface area (Å²) >= 11 is 0. The number of benzene rings is 2. The third-order valence-electron chi connectivity index (χ3n) is 3.39. The molecule has 0 aliphatic carbocycles. The van der Waals surface area contributed by atoms with Gasteiger partial charge in [0.2, 0.25) is 0 Å². The second-order valence-electron chi connectivity index (χ2n) is 5.11. The smallest absolute Gasteiger partial charge is 0.194 e. The Morgan fingerprint density at radius 3 is 2.10 bits per heavy atom. The standard InChI is InChI=1S/C17H18F3N/c1-3-4-12-5-7-13(8-6-12)11(2)21-14-9-15(18)17(20)16(19)10-14/h5-11,21H,3-4H2,1-2H3. The molecule has 4 heteroatoms. The SMILES string of the molecule is CCCc1ccc(C(C)Nc2cc(F)c(F)c(F)c2)cc1. The molecule has 0 saturated heterocycles. The van der Waals surface area contributed by atoms with E-state index in [9.17, 15) is 13.2 Å². The van der Waals surface area contributed by atoms with Crippen molar-refractivity contribution in [2.45, 2.75) is 32.7 Å². The number of aryl methyl sites for hydroxylation is 1. The molecule has 21 heavy (non-hydrogen) atoms. The van der Waals surface area contributed by atoms with Gasteiger partial charge in [-0.3, -0.25) is 0 Å². The Morgan fingerprint density at radius 2 is 1.57 bits per heavy atom. The van der Waals surface area contributed by atoms with Crippen molar-refractivity contribution in [2.75, 3.05) is 5.32 Å². The van der Waals surface area contributed by atoms with Crippen LogP contribution in [0.3, 0.4) is 0 Å². The van der Waals surface area contributed by atoms with E-state index in [1.807, 2.05) is 31.2 Å². The molecular weight excluding hydrogens is 275 g/mol. The Kier molecular flexibility index (Phi) is 4.89. The zero-order chi connectivity index (χ0) is 15.4. The van der Waals surface area contributed by atoms with Gasteiger partial charge in [-0.1, -0.05) is 37.6 Å². The molecule has 0 aliphatic heterocycles. The van der Waals surface area contributed by atoms with E-state index >= 15 is 0 Å². The van der Waals surface area contributed by atoms with Crippen molar-refractivity contribution in [1.29, 1.82) is 0 Å². The quantitative estimate of drug-likeness (QED) is 0.744. The van der Waals surface area contributed by atoms with E-state index in [0.29, 0.717) is 0 Å². The zero-order valence-electron chi connectivity index (χ0n) is 12.1. The maximum Gasteiger partial charge on any atom is 0.194 e. The van der Waals surface area contributed by atoms with Gasteiger partial charge >= 0.3 is 0 Å². The summed E-state index contributed by atoms with van der Waals surface area (Å²) in [6.45, 7) is 4.00. The van der Waals surface area contributed by atoms with Crippen molar-refractivity contribution in [3.8, 4) is 0 Å². The third kappa shape index (κ3) is 3.78. The lowest BCUT2D eigenvalue weighted by atomic mass is 10.0. The summed E-state index contributed by atoms with van der Waals surface area (Å²) in [5.74, 6) is -3.83. The van der Waals surface area contributed by atoms with Crippen LogP contribution in [0.25, 0.3) is 0 Å². The van der Waals surface area contributed by atoms with Crippen molar-refractivity contribution in [1.82, 2.24) is 0 Å². The van der Waals surface area contributed by atoms with E-state index in [4.69, 9.17) is 0 Å². The van der Waals surface area contributed by atoms with Gasteiger partial charge in [-0.2, -0.15) is 0 Å². The third-order valence-corrected chi connectivity index (χ3v) is 3.39. The molecule has 0 heterocycles. The highest BCUT2D eigenvalue weighted by atomic mass is 19.2. The van der Waals surface area contributed by atoms with E-state index < -0.39 is 17.5 Å². The number of nitrogens with one attached hydrogen (secondary N) is 1. The van der Waals surface area contributed by atoms with Crippen molar-refractivity contribution >= 4 is 5.69 Å². The number of hydrogen-bond acceptors (Lipinski definition) is 1. The van der Waals surface area contributed by atoms with Crippen molar-refractivity contribution in [3.63, 3.8) is 0 Å². The molecular formula is C17H18F3N. The Hall–Kier alpha value is -1.97. The Labute approximate surface area is 122 Å². The average Bonchev–Trinajstić information content (AvgIpc) is 2.45. The van der Waals surface area contributed by atoms with Crippen LogP contribution in [-0.4, -0.2) is 0 Å². The van der Waals surface area contributed by atoms with Crippen molar-refractivity contribution in [3.05, 3.63) is 65.0 Å². The highest BCUT2D eigenvalue weighted by molar-refractivity contribution is 5.46. The lowest BCUT2D eigenvalue weighted by Crippen LogP contribution is -2.08. The summed E-state index contributed by atoms with van der Waals surface area (Å²) < 4.78 is 39.3. The van der Waals surface area contributed by atoms with Crippen LogP contribution in [0.15, 0.2) is 36.4 Å². The highest BCUT2D eigenvalue weighted by Gasteiger charge is 2.12. The second kappa shape index (κ2) is 6.66. The Bertz CT molecular complexity index is 585. The molecule has 2 aromatic carbocycles. The van der Waals surface area contributed by atoms with Gasteiger partial charge in [-0.15, -0.1) is 0 Å². The highest BCUT2D eigenvalue weighted by Crippen LogP contribution is 2.23. The average molecular weight is 293 g/mol. The largest absolute Gasteiger partial charge is 0.378 e. The van der Waals surface area contributed by atoms with Crippen LogP contribution in [0.1, 0.15) is 37.4 Å². The minimum absolute atomic E-state index is 0.134. The second-order valence-corrected chi connectivity index (χ2v) is 5.11. The minimum atomic E-state index is -1.45. The first-order valence-electron chi connectivity index (χ1n) is 7.01. The van der Waals surface area contributed by atoms with Crippen LogP contribution in [0.5, 0.6) is 0 Å². The predicted octanol–water partition coefficient (Wildman–Crippen LogP) is 5.23. The van der Waals surface area contributed by atoms with E-state index in [1.54, 1.807) is 0 Å².